The van der Waals surface area contributed by atoms with Crippen LogP contribution in [0.15, 0.2) is 27.5 Å². The van der Waals surface area contributed by atoms with E-state index in [1.165, 1.54) is 15.0 Å². The molecule has 1 atom stereocenters. The van der Waals surface area contributed by atoms with Crippen molar-refractivity contribution in [3.8, 4) is 0 Å². The first-order valence-electron chi connectivity index (χ1n) is 6.65. The SMILES string of the molecule is CCCNC(CCc1ccnn1C)c1csc(Br)c1. The van der Waals surface area contributed by atoms with Gasteiger partial charge in [0, 0.05) is 25.0 Å². The Bertz CT molecular complexity index is 506. The second-order valence-electron chi connectivity index (χ2n) is 4.68. The molecule has 2 rings (SSSR count). The van der Waals surface area contributed by atoms with Crippen molar-refractivity contribution in [3.63, 3.8) is 0 Å². The van der Waals surface area contributed by atoms with Crippen LogP contribution in [-0.2, 0) is 13.5 Å². The van der Waals surface area contributed by atoms with Crippen molar-refractivity contribution in [2.75, 3.05) is 6.54 Å². The van der Waals surface area contributed by atoms with Crippen LogP contribution in [0.4, 0.5) is 0 Å². The maximum Gasteiger partial charge on any atom is 0.0701 e. The van der Waals surface area contributed by atoms with Gasteiger partial charge in [-0.25, -0.2) is 0 Å². The zero-order chi connectivity index (χ0) is 13.7. The predicted molar refractivity (Wildman–Crippen MR) is 84.6 cm³/mol. The van der Waals surface area contributed by atoms with Crippen molar-refractivity contribution >= 4 is 27.3 Å². The lowest BCUT2D eigenvalue weighted by molar-refractivity contribution is 0.492. The normalized spacial score (nSPS) is 12.8. The van der Waals surface area contributed by atoms with Crippen LogP contribution in [0.2, 0.25) is 0 Å². The van der Waals surface area contributed by atoms with Gasteiger partial charge in [0.05, 0.1) is 3.79 Å². The van der Waals surface area contributed by atoms with E-state index in [0.717, 1.165) is 25.8 Å². The molecule has 2 aromatic rings. The molecule has 1 N–H and O–H groups in total. The molecule has 0 saturated heterocycles. The fourth-order valence-electron chi connectivity index (χ4n) is 2.15. The van der Waals surface area contributed by atoms with E-state index in [1.807, 2.05) is 17.9 Å². The zero-order valence-electron chi connectivity index (χ0n) is 11.4. The summed E-state index contributed by atoms with van der Waals surface area (Å²) in [5.74, 6) is 0. The predicted octanol–water partition coefficient (Wildman–Crippen LogP) is 3.92. The van der Waals surface area contributed by atoms with Crippen molar-refractivity contribution in [1.82, 2.24) is 15.1 Å². The van der Waals surface area contributed by atoms with Crippen molar-refractivity contribution in [2.45, 2.75) is 32.2 Å². The van der Waals surface area contributed by atoms with Gasteiger partial charge >= 0.3 is 0 Å². The summed E-state index contributed by atoms with van der Waals surface area (Å²) in [7, 11) is 2.00. The molecule has 3 nitrogen and oxygen atoms in total. The first-order valence-corrected chi connectivity index (χ1v) is 8.32. The first kappa shape index (κ1) is 14.8. The van der Waals surface area contributed by atoms with E-state index in [1.54, 1.807) is 11.3 Å². The molecule has 2 heterocycles. The minimum atomic E-state index is 0.428. The molecular formula is C14H20BrN3S. The van der Waals surface area contributed by atoms with Crippen molar-refractivity contribution in [2.24, 2.45) is 7.05 Å². The van der Waals surface area contributed by atoms with Crippen molar-refractivity contribution in [1.29, 1.82) is 0 Å². The van der Waals surface area contributed by atoms with E-state index in [2.05, 4.69) is 50.8 Å². The maximum absolute atomic E-state index is 4.22. The summed E-state index contributed by atoms with van der Waals surface area (Å²) < 4.78 is 3.16. The molecule has 1 unspecified atom stereocenters. The largest absolute Gasteiger partial charge is 0.310 e. The molecule has 104 valence electrons. The summed E-state index contributed by atoms with van der Waals surface area (Å²) in [5, 5.41) is 10.1. The molecule has 0 bridgehead atoms. The highest BCUT2D eigenvalue weighted by atomic mass is 79.9. The highest BCUT2D eigenvalue weighted by molar-refractivity contribution is 9.11. The second-order valence-corrected chi connectivity index (χ2v) is 6.97. The van der Waals surface area contributed by atoms with Gasteiger partial charge < -0.3 is 5.32 Å². The average Bonchev–Trinajstić information content (AvgIpc) is 2.99. The molecule has 0 aromatic carbocycles. The summed E-state index contributed by atoms with van der Waals surface area (Å²) >= 11 is 5.30. The number of aromatic nitrogens is 2. The molecule has 5 heteroatoms. The van der Waals surface area contributed by atoms with Gasteiger partial charge in [0.25, 0.3) is 0 Å². The first-order chi connectivity index (χ1) is 9.20. The third-order valence-corrected chi connectivity index (χ3v) is 4.77. The molecule has 0 radical (unpaired) electrons. The van der Waals surface area contributed by atoms with Crippen LogP contribution < -0.4 is 5.32 Å². The Labute approximate surface area is 127 Å². The molecule has 0 aliphatic heterocycles. The van der Waals surface area contributed by atoms with Crippen LogP contribution in [-0.4, -0.2) is 16.3 Å². The number of rotatable bonds is 7. The Morgan fingerprint density at radius 1 is 1.53 bits per heavy atom. The number of hydrogen-bond acceptors (Lipinski definition) is 3. The summed E-state index contributed by atoms with van der Waals surface area (Å²) in [6, 6.07) is 4.75. The Hall–Kier alpha value is -0.650. The van der Waals surface area contributed by atoms with Crippen molar-refractivity contribution < 1.29 is 0 Å². The highest BCUT2D eigenvalue weighted by Crippen LogP contribution is 2.27. The third kappa shape index (κ3) is 4.16. The zero-order valence-corrected chi connectivity index (χ0v) is 13.8. The number of aryl methyl sites for hydroxylation is 2. The van der Waals surface area contributed by atoms with Crippen molar-refractivity contribution in [3.05, 3.63) is 38.8 Å². The molecule has 2 aromatic heterocycles. The maximum atomic E-state index is 4.22. The Morgan fingerprint density at radius 2 is 2.37 bits per heavy atom. The third-order valence-electron chi connectivity index (χ3n) is 3.24. The van der Waals surface area contributed by atoms with Gasteiger partial charge in [-0.05, 0) is 64.8 Å². The van der Waals surface area contributed by atoms with Gasteiger partial charge in [-0.1, -0.05) is 6.92 Å². The lowest BCUT2D eigenvalue weighted by atomic mass is 10.0. The van der Waals surface area contributed by atoms with Gasteiger partial charge in [0.1, 0.15) is 0 Å². The molecule has 19 heavy (non-hydrogen) atoms. The quantitative estimate of drug-likeness (QED) is 0.827. The van der Waals surface area contributed by atoms with Crippen LogP contribution in [0.1, 0.15) is 37.1 Å². The van der Waals surface area contributed by atoms with Gasteiger partial charge in [0.15, 0.2) is 0 Å². The van der Waals surface area contributed by atoms with Crippen LogP contribution in [0.5, 0.6) is 0 Å². The lowest BCUT2D eigenvalue weighted by Crippen LogP contribution is -2.22. The van der Waals surface area contributed by atoms with Gasteiger partial charge in [-0.2, -0.15) is 5.10 Å². The fraction of sp³-hybridized carbons (Fsp3) is 0.500. The van der Waals surface area contributed by atoms with E-state index < -0.39 is 0 Å². The Morgan fingerprint density at radius 3 is 2.95 bits per heavy atom. The van der Waals surface area contributed by atoms with Crippen LogP contribution >= 0.6 is 27.3 Å². The van der Waals surface area contributed by atoms with Crippen LogP contribution in [0.3, 0.4) is 0 Å². The smallest absolute Gasteiger partial charge is 0.0701 e. The summed E-state index contributed by atoms with van der Waals surface area (Å²) in [5.41, 5.74) is 2.67. The van der Waals surface area contributed by atoms with Gasteiger partial charge in [-0.15, -0.1) is 11.3 Å². The van der Waals surface area contributed by atoms with E-state index >= 15 is 0 Å². The van der Waals surface area contributed by atoms with Crippen LogP contribution in [0.25, 0.3) is 0 Å². The van der Waals surface area contributed by atoms with Gasteiger partial charge in [-0.3, -0.25) is 4.68 Å². The number of halogens is 1. The molecule has 0 amide bonds. The second kappa shape index (κ2) is 7.22. The summed E-state index contributed by atoms with van der Waals surface area (Å²) in [6.07, 6.45) is 5.17. The Kier molecular flexibility index (Phi) is 5.60. The standard InChI is InChI=1S/C14H20BrN3S/c1-3-7-16-13(11-9-14(15)19-10-11)5-4-12-6-8-17-18(12)2/h6,8-10,13,16H,3-5,7H2,1-2H3. The summed E-state index contributed by atoms with van der Waals surface area (Å²) in [6.45, 7) is 3.26. The van der Waals surface area contributed by atoms with E-state index in [9.17, 15) is 0 Å². The number of hydrogen-bond donors (Lipinski definition) is 1. The topological polar surface area (TPSA) is 29.9 Å². The van der Waals surface area contributed by atoms with E-state index in [0.29, 0.717) is 6.04 Å². The fourth-order valence-corrected chi connectivity index (χ4v) is 3.38. The summed E-state index contributed by atoms with van der Waals surface area (Å²) in [4.78, 5) is 0. The molecule has 0 spiro atoms. The van der Waals surface area contributed by atoms with E-state index in [4.69, 9.17) is 0 Å². The van der Waals surface area contributed by atoms with Crippen LogP contribution in [0, 0.1) is 0 Å². The molecule has 0 saturated carbocycles. The number of nitrogens with one attached hydrogen (secondary N) is 1. The molecule has 0 fully saturated rings. The minimum Gasteiger partial charge on any atom is -0.310 e. The average molecular weight is 342 g/mol. The lowest BCUT2D eigenvalue weighted by Gasteiger charge is -2.17. The number of thiophene rings is 1. The number of nitrogens with zero attached hydrogens (tertiary/aromatic N) is 2. The molecule has 0 aliphatic carbocycles. The Balaban J connectivity index is 1.99. The van der Waals surface area contributed by atoms with Gasteiger partial charge in [0.2, 0.25) is 0 Å². The monoisotopic (exact) mass is 341 g/mol. The molecule has 0 aliphatic rings. The van der Waals surface area contributed by atoms with E-state index in [-0.39, 0.29) is 0 Å². The molecular weight excluding hydrogens is 322 g/mol. The minimum absolute atomic E-state index is 0.428. The highest BCUT2D eigenvalue weighted by Gasteiger charge is 2.13.